The number of aromatic nitrogens is 2. The molecule has 84 valence electrons. The van der Waals surface area contributed by atoms with Gasteiger partial charge in [-0.1, -0.05) is 6.92 Å². The summed E-state index contributed by atoms with van der Waals surface area (Å²) in [6.45, 7) is 6.92. The van der Waals surface area contributed by atoms with Crippen molar-refractivity contribution in [3.63, 3.8) is 0 Å². The summed E-state index contributed by atoms with van der Waals surface area (Å²) in [5.74, 6) is 2.16. The van der Waals surface area contributed by atoms with Crippen LogP contribution in [0.3, 0.4) is 0 Å². The van der Waals surface area contributed by atoms with E-state index in [1.165, 1.54) is 6.42 Å². The quantitative estimate of drug-likeness (QED) is 0.839. The van der Waals surface area contributed by atoms with Gasteiger partial charge in [0.25, 0.3) is 0 Å². The first-order chi connectivity index (χ1) is 7.63. The van der Waals surface area contributed by atoms with Crippen molar-refractivity contribution >= 4 is 5.82 Å². The van der Waals surface area contributed by atoms with Gasteiger partial charge in [-0.25, -0.2) is 0 Å². The van der Waals surface area contributed by atoms with E-state index in [4.69, 9.17) is 5.26 Å². The topological polar surface area (TPSA) is 61.6 Å². The summed E-state index contributed by atoms with van der Waals surface area (Å²) >= 11 is 0. The van der Waals surface area contributed by atoms with Gasteiger partial charge in [0.15, 0.2) is 5.82 Å². The molecule has 1 heterocycles. The van der Waals surface area contributed by atoms with Crippen LogP contribution in [-0.4, -0.2) is 16.7 Å². The third-order valence-electron chi connectivity index (χ3n) is 3.37. The molecule has 1 N–H and O–H groups in total. The lowest BCUT2D eigenvalue weighted by Crippen LogP contribution is -2.10. The maximum atomic E-state index is 9.10. The van der Waals surface area contributed by atoms with Crippen molar-refractivity contribution in [1.29, 1.82) is 5.26 Å². The molecule has 0 saturated heterocycles. The summed E-state index contributed by atoms with van der Waals surface area (Å²) in [5, 5.41) is 20.4. The summed E-state index contributed by atoms with van der Waals surface area (Å²) in [4.78, 5) is 0. The van der Waals surface area contributed by atoms with Crippen molar-refractivity contribution in [2.24, 2.45) is 11.8 Å². The number of rotatable bonds is 3. The molecule has 0 amide bonds. The predicted molar refractivity (Wildman–Crippen MR) is 62.0 cm³/mol. The van der Waals surface area contributed by atoms with Crippen LogP contribution in [-0.2, 0) is 0 Å². The number of nitrogens with one attached hydrogen (secondary N) is 1. The second kappa shape index (κ2) is 4.09. The highest BCUT2D eigenvalue weighted by Crippen LogP contribution is 2.37. The van der Waals surface area contributed by atoms with E-state index in [9.17, 15) is 0 Å². The zero-order valence-corrected chi connectivity index (χ0v) is 9.91. The Labute approximate surface area is 95.7 Å². The number of hydrogen-bond donors (Lipinski definition) is 1. The van der Waals surface area contributed by atoms with Gasteiger partial charge < -0.3 is 5.32 Å². The zero-order chi connectivity index (χ0) is 11.7. The molecule has 1 fully saturated rings. The average molecular weight is 216 g/mol. The molecule has 1 aliphatic rings. The van der Waals surface area contributed by atoms with Crippen LogP contribution in [0.4, 0.5) is 5.82 Å². The molecule has 1 aromatic rings. The summed E-state index contributed by atoms with van der Waals surface area (Å²) in [7, 11) is 0. The van der Waals surface area contributed by atoms with Crippen LogP contribution in [0.15, 0.2) is 0 Å². The first-order valence-electron chi connectivity index (χ1n) is 5.61. The Bertz CT molecular complexity index is 447. The van der Waals surface area contributed by atoms with Crippen molar-refractivity contribution in [2.45, 2.75) is 27.2 Å². The second-order valence-corrected chi connectivity index (χ2v) is 4.60. The lowest BCUT2D eigenvalue weighted by atomic mass is 10.1. The molecule has 0 aromatic carbocycles. The third-order valence-corrected chi connectivity index (χ3v) is 3.37. The van der Waals surface area contributed by atoms with Gasteiger partial charge in [0, 0.05) is 6.54 Å². The van der Waals surface area contributed by atoms with Gasteiger partial charge in [0.2, 0.25) is 0 Å². The van der Waals surface area contributed by atoms with Crippen molar-refractivity contribution in [3.05, 3.63) is 16.8 Å². The van der Waals surface area contributed by atoms with E-state index in [1.807, 2.05) is 13.8 Å². The first-order valence-corrected chi connectivity index (χ1v) is 5.61. The highest BCUT2D eigenvalue weighted by molar-refractivity contribution is 5.55. The first kappa shape index (κ1) is 10.9. The summed E-state index contributed by atoms with van der Waals surface area (Å²) in [5.41, 5.74) is 2.37. The Morgan fingerprint density at radius 1 is 1.44 bits per heavy atom. The fraction of sp³-hybridized carbons (Fsp3) is 0.583. The SMILES string of the molecule is Cc1nnc(NCC2CC2C)c(C#N)c1C. The van der Waals surface area contributed by atoms with Crippen LogP contribution in [0.1, 0.15) is 30.2 Å². The van der Waals surface area contributed by atoms with Crippen LogP contribution in [0.25, 0.3) is 0 Å². The van der Waals surface area contributed by atoms with Crippen LogP contribution < -0.4 is 5.32 Å². The molecule has 0 bridgehead atoms. The Morgan fingerprint density at radius 3 is 2.69 bits per heavy atom. The van der Waals surface area contributed by atoms with Crippen LogP contribution in [0, 0.1) is 37.0 Å². The average Bonchev–Trinajstić information content (AvgIpc) is 2.96. The Hall–Kier alpha value is -1.63. The lowest BCUT2D eigenvalue weighted by Gasteiger charge is -2.08. The maximum Gasteiger partial charge on any atom is 0.166 e. The van der Waals surface area contributed by atoms with E-state index in [0.29, 0.717) is 11.4 Å². The van der Waals surface area contributed by atoms with Crippen LogP contribution in [0.2, 0.25) is 0 Å². The summed E-state index contributed by atoms with van der Waals surface area (Å²) in [6, 6.07) is 2.20. The van der Waals surface area contributed by atoms with E-state index in [2.05, 4.69) is 28.5 Å². The molecule has 2 unspecified atom stereocenters. The molecule has 0 aliphatic heterocycles. The van der Waals surface area contributed by atoms with E-state index in [1.54, 1.807) is 0 Å². The molecule has 0 radical (unpaired) electrons. The van der Waals surface area contributed by atoms with Gasteiger partial charge >= 0.3 is 0 Å². The van der Waals surface area contributed by atoms with Gasteiger partial charge in [0.05, 0.1) is 5.69 Å². The third kappa shape index (κ3) is 1.99. The minimum atomic E-state index is 0.626. The number of anilines is 1. The van der Waals surface area contributed by atoms with Crippen molar-refractivity contribution in [1.82, 2.24) is 10.2 Å². The Morgan fingerprint density at radius 2 is 2.12 bits per heavy atom. The smallest absolute Gasteiger partial charge is 0.166 e. The second-order valence-electron chi connectivity index (χ2n) is 4.60. The molecule has 4 heteroatoms. The van der Waals surface area contributed by atoms with Crippen molar-refractivity contribution in [3.8, 4) is 6.07 Å². The molecule has 1 aliphatic carbocycles. The number of hydrogen-bond acceptors (Lipinski definition) is 4. The van der Waals surface area contributed by atoms with E-state index in [0.717, 1.165) is 29.6 Å². The molecular formula is C12H16N4. The Kier molecular flexibility index (Phi) is 2.78. The van der Waals surface area contributed by atoms with Crippen molar-refractivity contribution in [2.75, 3.05) is 11.9 Å². The maximum absolute atomic E-state index is 9.10. The minimum Gasteiger partial charge on any atom is -0.367 e. The minimum absolute atomic E-state index is 0.626. The van der Waals surface area contributed by atoms with Gasteiger partial charge in [-0.3, -0.25) is 0 Å². The molecule has 1 aromatic heterocycles. The van der Waals surface area contributed by atoms with Gasteiger partial charge in [-0.2, -0.15) is 10.4 Å². The fourth-order valence-electron chi connectivity index (χ4n) is 1.78. The van der Waals surface area contributed by atoms with Gasteiger partial charge in [-0.05, 0) is 37.7 Å². The normalized spacial score (nSPS) is 22.6. The monoisotopic (exact) mass is 216 g/mol. The summed E-state index contributed by atoms with van der Waals surface area (Å²) in [6.07, 6.45) is 1.27. The van der Waals surface area contributed by atoms with E-state index in [-0.39, 0.29) is 0 Å². The molecule has 16 heavy (non-hydrogen) atoms. The molecule has 2 rings (SSSR count). The van der Waals surface area contributed by atoms with Gasteiger partial charge in [0.1, 0.15) is 11.6 Å². The predicted octanol–water partition coefficient (Wildman–Crippen LogP) is 2.03. The summed E-state index contributed by atoms with van der Waals surface area (Å²) < 4.78 is 0. The van der Waals surface area contributed by atoms with Crippen LogP contribution >= 0.6 is 0 Å². The molecular weight excluding hydrogens is 200 g/mol. The number of aryl methyl sites for hydroxylation is 1. The van der Waals surface area contributed by atoms with E-state index < -0.39 is 0 Å². The Balaban J connectivity index is 2.14. The zero-order valence-electron chi connectivity index (χ0n) is 9.91. The molecule has 2 atom stereocenters. The highest BCUT2D eigenvalue weighted by atomic mass is 15.2. The molecule has 1 saturated carbocycles. The van der Waals surface area contributed by atoms with Crippen LogP contribution in [0.5, 0.6) is 0 Å². The lowest BCUT2D eigenvalue weighted by molar-refractivity contribution is 0.780. The van der Waals surface area contributed by atoms with Crippen molar-refractivity contribution < 1.29 is 0 Å². The number of nitrogens with zero attached hydrogens (tertiary/aromatic N) is 3. The van der Waals surface area contributed by atoms with E-state index >= 15 is 0 Å². The standard InChI is InChI=1S/C12H16N4/c1-7-4-10(7)6-14-12-11(5-13)8(2)9(3)15-16-12/h7,10H,4,6H2,1-3H3,(H,14,16). The fourth-order valence-corrected chi connectivity index (χ4v) is 1.78. The highest BCUT2D eigenvalue weighted by Gasteiger charge is 2.32. The molecule has 0 spiro atoms. The molecule has 4 nitrogen and oxygen atoms in total. The number of nitriles is 1. The van der Waals surface area contributed by atoms with Gasteiger partial charge in [-0.15, -0.1) is 5.10 Å². The largest absolute Gasteiger partial charge is 0.367 e.